The Hall–Kier alpha value is -1.74. The number of hydrogen-bond donors (Lipinski definition) is 1. The standard InChI is InChI=1S/C11H12BrN3O5/c1-20-11(17)8-4-6(16)5-14(8)10-7(15(18)19)2-3-9(12)13-10/h2-3,6,8,16H,4-5H2,1H3/t6-,8+/m0/s1. The minimum atomic E-state index is -0.782. The zero-order valence-electron chi connectivity index (χ0n) is 10.5. The van der Waals surface area contributed by atoms with E-state index in [2.05, 4.69) is 25.7 Å². The molecule has 0 unspecified atom stereocenters. The summed E-state index contributed by atoms with van der Waals surface area (Å²) in [7, 11) is 1.23. The fraction of sp³-hybridized carbons (Fsp3) is 0.455. The van der Waals surface area contributed by atoms with Crippen LogP contribution in [-0.4, -0.2) is 46.8 Å². The van der Waals surface area contributed by atoms with Crippen molar-refractivity contribution in [1.82, 2.24) is 4.98 Å². The molecule has 0 aliphatic carbocycles. The first-order chi connectivity index (χ1) is 9.43. The number of anilines is 1. The highest BCUT2D eigenvalue weighted by Gasteiger charge is 2.40. The van der Waals surface area contributed by atoms with Crippen molar-refractivity contribution in [3.05, 3.63) is 26.9 Å². The Balaban J connectivity index is 2.45. The monoisotopic (exact) mass is 345 g/mol. The molecule has 1 N–H and O–H groups in total. The van der Waals surface area contributed by atoms with Gasteiger partial charge < -0.3 is 14.7 Å². The summed E-state index contributed by atoms with van der Waals surface area (Å²) >= 11 is 3.14. The van der Waals surface area contributed by atoms with Crippen LogP contribution >= 0.6 is 15.9 Å². The van der Waals surface area contributed by atoms with E-state index in [4.69, 9.17) is 0 Å². The van der Waals surface area contributed by atoms with Crippen molar-refractivity contribution in [3.8, 4) is 0 Å². The quantitative estimate of drug-likeness (QED) is 0.375. The van der Waals surface area contributed by atoms with Gasteiger partial charge in [0.25, 0.3) is 0 Å². The van der Waals surface area contributed by atoms with Crippen LogP contribution < -0.4 is 4.90 Å². The van der Waals surface area contributed by atoms with Crippen LogP contribution in [0.4, 0.5) is 11.5 Å². The minimum Gasteiger partial charge on any atom is -0.467 e. The lowest BCUT2D eigenvalue weighted by molar-refractivity contribution is -0.384. The molecule has 1 aromatic rings. The maximum absolute atomic E-state index is 11.7. The second kappa shape index (κ2) is 5.71. The number of aliphatic hydroxyl groups excluding tert-OH is 1. The molecule has 0 radical (unpaired) electrons. The van der Waals surface area contributed by atoms with E-state index < -0.39 is 23.0 Å². The Labute approximate surface area is 122 Å². The van der Waals surface area contributed by atoms with Crippen molar-refractivity contribution in [2.45, 2.75) is 18.6 Å². The largest absolute Gasteiger partial charge is 0.467 e. The molecule has 108 valence electrons. The molecule has 1 aromatic heterocycles. The molecule has 1 fully saturated rings. The topological polar surface area (TPSA) is 106 Å². The number of pyridine rings is 1. The molecule has 1 aliphatic rings. The van der Waals surface area contributed by atoms with Crippen LogP contribution in [0.1, 0.15) is 6.42 Å². The van der Waals surface area contributed by atoms with Gasteiger partial charge in [-0.15, -0.1) is 0 Å². The van der Waals surface area contributed by atoms with Gasteiger partial charge in [0.1, 0.15) is 10.6 Å². The van der Waals surface area contributed by atoms with Gasteiger partial charge in [0.2, 0.25) is 5.82 Å². The normalized spacial score (nSPS) is 21.9. The van der Waals surface area contributed by atoms with Crippen LogP contribution in [0, 0.1) is 10.1 Å². The third-order valence-electron chi connectivity index (χ3n) is 3.04. The maximum atomic E-state index is 11.7. The number of aliphatic hydroxyl groups is 1. The lowest BCUT2D eigenvalue weighted by Crippen LogP contribution is -2.37. The highest BCUT2D eigenvalue weighted by molar-refractivity contribution is 9.10. The Morgan fingerprint density at radius 3 is 2.95 bits per heavy atom. The zero-order chi connectivity index (χ0) is 14.9. The van der Waals surface area contributed by atoms with Crippen molar-refractivity contribution < 1.29 is 19.6 Å². The van der Waals surface area contributed by atoms with E-state index in [9.17, 15) is 20.0 Å². The van der Waals surface area contributed by atoms with E-state index in [1.54, 1.807) is 0 Å². The van der Waals surface area contributed by atoms with Gasteiger partial charge in [-0.05, 0) is 22.0 Å². The molecule has 8 nitrogen and oxygen atoms in total. The molecule has 1 saturated heterocycles. The van der Waals surface area contributed by atoms with Gasteiger partial charge >= 0.3 is 11.7 Å². The van der Waals surface area contributed by atoms with Crippen molar-refractivity contribution >= 4 is 33.4 Å². The molecule has 9 heteroatoms. The first-order valence-electron chi connectivity index (χ1n) is 5.77. The molecule has 0 saturated carbocycles. The Bertz CT molecular complexity index is 553. The smallest absolute Gasteiger partial charge is 0.328 e. The van der Waals surface area contributed by atoms with Gasteiger partial charge in [0, 0.05) is 19.0 Å². The van der Waals surface area contributed by atoms with E-state index in [0.29, 0.717) is 4.60 Å². The summed E-state index contributed by atoms with van der Waals surface area (Å²) in [4.78, 5) is 27.7. The number of aromatic nitrogens is 1. The SMILES string of the molecule is COC(=O)[C@H]1C[C@H](O)CN1c1nc(Br)ccc1[N+](=O)[O-]. The molecule has 2 atom stereocenters. The van der Waals surface area contributed by atoms with Crippen LogP contribution in [0.3, 0.4) is 0 Å². The van der Waals surface area contributed by atoms with Crippen LogP contribution in [0.2, 0.25) is 0 Å². The highest BCUT2D eigenvalue weighted by atomic mass is 79.9. The number of carbonyl (C=O) groups is 1. The van der Waals surface area contributed by atoms with Crippen molar-refractivity contribution in [1.29, 1.82) is 0 Å². The Morgan fingerprint density at radius 2 is 2.35 bits per heavy atom. The molecule has 0 aromatic carbocycles. The molecule has 0 amide bonds. The lowest BCUT2D eigenvalue weighted by atomic mass is 10.2. The van der Waals surface area contributed by atoms with Crippen molar-refractivity contribution in [2.24, 2.45) is 0 Å². The van der Waals surface area contributed by atoms with Gasteiger partial charge in [-0.25, -0.2) is 9.78 Å². The number of nitrogens with zero attached hydrogens (tertiary/aromatic N) is 3. The third kappa shape index (κ3) is 2.73. The van der Waals surface area contributed by atoms with E-state index in [1.807, 2.05) is 0 Å². The average Bonchev–Trinajstić information content (AvgIpc) is 2.79. The number of rotatable bonds is 3. The maximum Gasteiger partial charge on any atom is 0.328 e. The van der Waals surface area contributed by atoms with Gasteiger partial charge in [-0.3, -0.25) is 10.1 Å². The van der Waals surface area contributed by atoms with Crippen LogP contribution in [0.5, 0.6) is 0 Å². The summed E-state index contributed by atoms with van der Waals surface area (Å²) in [6, 6.07) is 1.96. The first-order valence-corrected chi connectivity index (χ1v) is 6.56. The molecule has 20 heavy (non-hydrogen) atoms. The molecule has 2 rings (SSSR count). The fourth-order valence-electron chi connectivity index (χ4n) is 2.18. The number of ether oxygens (including phenoxy) is 1. The molecular weight excluding hydrogens is 334 g/mol. The van der Waals surface area contributed by atoms with E-state index in [0.717, 1.165) is 0 Å². The predicted molar refractivity (Wildman–Crippen MR) is 72.4 cm³/mol. The predicted octanol–water partition coefficient (Wildman–Crippen LogP) is 0.865. The number of nitro groups is 1. The summed E-state index contributed by atoms with van der Waals surface area (Å²) in [6.07, 6.45) is -0.614. The summed E-state index contributed by atoms with van der Waals surface area (Å²) in [5.74, 6) is -0.519. The van der Waals surface area contributed by atoms with Crippen molar-refractivity contribution in [3.63, 3.8) is 0 Å². The summed E-state index contributed by atoms with van der Waals surface area (Å²) in [5.41, 5.74) is -0.226. The zero-order valence-corrected chi connectivity index (χ0v) is 12.1. The summed E-state index contributed by atoms with van der Waals surface area (Å²) in [6.45, 7) is 0.0874. The highest BCUT2D eigenvalue weighted by Crippen LogP contribution is 2.33. The second-order valence-electron chi connectivity index (χ2n) is 4.31. The van der Waals surface area contributed by atoms with E-state index in [-0.39, 0.29) is 24.5 Å². The van der Waals surface area contributed by atoms with Gasteiger partial charge in [0.15, 0.2) is 0 Å². The van der Waals surface area contributed by atoms with Gasteiger partial charge in [-0.2, -0.15) is 0 Å². The molecule has 1 aliphatic heterocycles. The van der Waals surface area contributed by atoms with E-state index in [1.165, 1.54) is 24.1 Å². The van der Waals surface area contributed by atoms with E-state index >= 15 is 0 Å². The Morgan fingerprint density at radius 1 is 1.65 bits per heavy atom. The summed E-state index contributed by atoms with van der Waals surface area (Å²) in [5, 5.41) is 20.8. The molecule has 0 spiro atoms. The second-order valence-corrected chi connectivity index (χ2v) is 5.13. The molecular formula is C11H12BrN3O5. The third-order valence-corrected chi connectivity index (χ3v) is 3.48. The van der Waals surface area contributed by atoms with Crippen LogP contribution in [-0.2, 0) is 9.53 Å². The average molecular weight is 346 g/mol. The number of methoxy groups -OCH3 is 1. The Kier molecular flexibility index (Phi) is 4.19. The van der Waals surface area contributed by atoms with Crippen molar-refractivity contribution in [2.75, 3.05) is 18.6 Å². The van der Waals surface area contributed by atoms with Gasteiger partial charge in [-0.1, -0.05) is 0 Å². The lowest BCUT2D eigenvalue weighted by Gasteiger charge is -2.23. The van der Waals surface area contributed by atoms with Crippen LogP contribution in [0.25, 0.3) is 0 Å². The number of esters is 1. The van der Waals surface area contributed by atoms with Gasteiger partial charge in [0.05, 0.1) is 18.1 Å². The first kappa shape index (κ1) is 14.7. The molecule has 2 heterocycles. The number of carbonyl (C=O) groups excluding carboxylic acids is 1. The number of β-amino-alcohol motifs (C(OH)–C–C–N with tert-alkyl or cyclic N) is 1. The summed E-state index contributed by atoms with van der Waals surface area (Å²) < 4.78 is 5.07. The van der Waals surface area contributed by atoms with Crippen LogP contribution in [0.15, 0.2) is 16.7 Å². The number of hydrogen-bond acceptors (Lipinski definition) is 7. The number of halogens is 1. The molecule has 0 bridgehead atoms. The minimum absolute atomic E-state index is 0.0383. The fourth-order valence-corrected chi connectivity index (χ4v) is 2.48.